The fourth-order valence-electron chi connectivity index (χ4n) is 3.83. The van der Waals surface area contributed by atoms with Gasteiger partial charge < -0.3 is 15.6 Å². The van der Waals surface area contributed by atoms with Gasteiger partial charge in [-0.25, -0.2) is 0 Å². The van der Waals surface area contributed by atoms with Crippen molar-refractivity contribution in [3.05, 3.63) is 35.5 Å². The van der Waals surface area contributed by atoms with Crippen LogP contribution in [0.4, 0.5) is 5.69 Å². The molecule has 2 heterocycles. The number of fused-ring (bicyclic) bond motifs is 2. The van der Waals surface area contributed by atoms with E-state index in [1.165, 1.54) is 24.1 Å². The van der Waals surface area contributed by atoms with Gasteiger partial charge in [-0.2, -0.15) is 5.10 Å². The molecular formula is C20H25N5O. The number of rotatable bonds is 5. The van der Waals surface area contributed by atoms with Crippen LogP contribution < -0.4 is 10.6 Å². The van der Waals surface area contributed by atoms with Gasteiger partial charge in [-0.05, 0) is 49.8 Å². The van der Waals surface area contributed by atoms with Crippen LogP contribution in [0.25, 0.3) is 22.3 Å². The van der Waals surface area contributed by atoms with E-state index in [0.29, 0.717) is 13.1 Å². The third-order valence-electron chi connectivity index (χ3n) is 5.42. The Balaban J connectivity index is 1.70. The minimum absolute atomic E-state index is 0.435. The summed E-state index contributed by atoms with van der Waals surface area (Å²) in [6, 6.07) is 8.12. The molecule has 1 aliphatic rings. The summed E-state index contributed by atoms with van der Waals surface area (Å²) in [5.41, 5.74) is 12.1. The Labute approximate surface area is 152 Å². The van der Waals surface area contributed by atoms with Gasteiger partial charge in [0.05, 0.1) is 5.69 Å². The summed E-state index contributed by atoms with van der Waals surface area (Å²) in [6.45, 7) is 3.27. The number of aromatic amines is 2. The van der Waals surface area contributed by atoms with Gasteiger partial charge >= 0.3 is 0 Å². The van der Waals surface area contributed by atoms with Crippen LogP contribution in [0.1, 0.15) is 31.0 Å². The summed E-state index contributed by atoms with van der Waals surface area (Å²) >= 11 is 0. The molecule has 1 aromatic carbocycles. The number of carbonyl (C=O) groups is 1. The van der Waals surface area contributed by atoms with E-state index >= 15 is 0 Å². The third kappa shape index (κ3) is 3.01. The molecule has 3 aromatic rings. The summed E-state index contributed by atoms with van der Waals surface area (Å²) < 4.78 is 0. The van der Waals surface area contributed by atoms with Gasteiger partial charge in [0, 0.05) is 40.9 Å². The minimum Gasteiger partial charge on any atom is -0.353 e. The molecule has 0 saturated carbocycles. The highest BCUT2D eigenvalue weighted by molar-refractivity contribution is 5.90. The molecule has 4 rings (SSSR count). The molecule has 1 atom stereocenters. The second kappa shape index (κ2) is 6.96. The lowest BCUT2D eigenvalue weighted by Crippen LogP contribution is -2.27. The number of benzene rings is 1. The van der Waals surface area contributed by atoms with Gasteiger partial charge in [0.2, 0.25) is 6.41 Å². The van der Waals surface area contributed by atoms with E-state index in [2.05, 4.69) is 28.2 Å². The molecular weight excluding hydrogens is 326 g/mol. The van der Waals surface area contributed by atoms with E-state index in [9.17, 15) is 4.79 Å². The lowest BCUT2D eigenvalue weighted by molar-refractivity contribution is -0.107. The molecule has 0 bridgehead atoms. The first kappa shape index (κ1) is 16.8. The minimum atomic E-state index is 0.435. The zero-order valence-corrected chi connectivity index (χ0v) is 15.1. The SMILES string of the molecule is CC1CCc2[nH]nc(-c3cc4ccc(N(C=O)CCN)cc4[nH]3)c2CC1. The molecule has 6 nitrogen and oxygen atoms in total. The van der Waals surface area contributed by atoms with Crippen molar-refractivity contribution in [3.63, 3.8) is 0 Å². The van der Waals surface area contributed by atoms with E-state index in [-0.39, 0.29) is 0 Å². The molecule has 6 heteroatoms. The Morgan fingerprint density at radius 1 is 1.31 bits per heavy atom. The van der Waals surface area contributed by atoms with Crippen molar-refractivity contribution < 1.29 is 4.79 Å². The van der Waals surface area contributed by atoms with Crippen LogP contribution >= 0.6 is 0 Å². The molecule has 136 valence electrons. The predicted octanol–water partition coefficient (Wildman–Crippen LogP) is 2.99. The number of H-pyrrole nitrogens is 2. The average Bonchev–Trinajstić information content (AvgIpc) is 3.20. The lowest BCUT2D eigenvalue weighted by atomic mass is 10.0. The molecule has 1 unspecified atom stereocenters. The van der Waals surface area contributed by atoms with Crippen LogP contribution in [0.2, 0.25) is 0 Å². The number of aryl methyl sites for hydroxylation is 1. The molecule has 1 amide bonds. The molecule has 0 aliphatic heterocycles. The van der Waals surface area contributed by atoms with E-state index in [0.717, 1.165) is 53.1 Å². The number of carbonyl (C=O) groups excluding carboxylic acids is 1. The number of aromatic nitrogens is 3. The monoisotopic (exact) mass is 351 g/mol. The third-order valence-corrected chi connectivity index (χ3v) is 5.42. The largest absolute Gasteiger partial charge is 0.353 e. The summed E-state index contributed by atoms with van der Waals surface area (Å²) in [7, 11) is 0. The zero-order valence-electron chi connectivity index (χ0n) is 15.1. The Bertz CT molecular complexity index is 926. The Morgan fingerprint density at radius 3 is 2.96 bits per heavy atom. The highest BCUT2D eigenvalue weighted by atomic mass is 16.1. The van der Waals surface area contributed by atoms with Crippen molar-refractivity contribution >= 4 is 23.0 Å². The van der Waals surface area contributed by atoms with Gasteiger partial charge in [-0.15, -0.1) is 0 Å². The van der Waals surface area contributed by atoms with Gasteiger partial charge in [0.15, 0.2) is 0 Å². The van der Waals surface area contributed by atoms with Crippen molar-refractivity contribution in [3.8, 4) is 11.4 Å². The standard InChI is InChI=1S/C20H25N5O/c1-13-2-6-16-17(7-3-13)23-24-20(16)19-10-14-4-5-15(11-18(14)22-19)25(12-26)9-8-21/h4-5,10-13,22H,2-3,6-9,21H2,1H3,(H,23,24). The van der Waals surface area contributed by atoms with Crippen LogP contribution in [-0.4, -0.2) is 34.7 Å². The van der Waals surface area contributed by atoms with Gasteiger partial charge in [0.1, 0.15) is 5.69 Å². The quantitative estimate of drug-likeness (QED) is 0.487. The van der Waals surface area contributed by atoms with Crippen LogP contribution in [-0.2, 0) is 17.6 Å². The molecule has 4 N–H and O–H groups in total. The van der Waals surface area contributed by atoms with Crippen molar-refractivity contribution in [1.82, 2.24) is 15.2 Å². The molecule has 1 aliphatic carbocycles. The topological polar surface area (TPSA) is 90.8 Å². The Hall–Kier alpha value is -2.60. The summed E-state index contributed by atoms with van der Waals surface area (Å²) in [6.07, 6.45) is 5.39. The van der Waals surface area contributed by atoms with Gasteiger partial charge in [-0.3, -0.25) is 9.89 Å². The number of anilines is 1. The number of amides is 1. The van der Waals surface area contributed by atoms with Crippen molar-refractivity contribution in [1.29, 1.82) is 0 Å². The highest BCUT2D eigenvalue weighted by Crippen LogP contribution is 2.32. The van der Waals surface area contributed by atoms with Crippen molar-refractivity contribution in [2.45, 2.75) is 32.6 Å². The first-order chi connectivity index (χ1) is 12.7. The van der Waals surface area contributed by atoms with Crippen LogP contribution in [0.15, 0.2) is 24.3 Å². The van der Waals surface area contributed by atoms with Crippen LogP contribution in [0.3, 0.4) is 0 Å². The fraction of sp³-hybridized carbons (Fsp3) is 0.400. The number of nitrogens with zero attached hydrogens (tertiary/aromatic N) is 2. The zero-order chi connectivity index (χ0) is 18.1. The summed E-state index contributed by atoms with van der Waals surface area (Å²) in [5, 5.41) is 8.95. The fourth-order valence-corrected chi connectivity index (χ4v) is 3.83. The maximum absolute atomic E-state index is 11.3. The number of nitrogens with one attached hydrogen (secondary N) is 2. The maximum atomic E-state index is 11.3. The lowest BCUT2D eigenvalue weighted by Gasteiger charge is -2.16. The van der Waals surface area contributed by atoms with E-state index in [4.69, 9.17) is 5.73 Å². The predicted molar refractivity (Wildman–Crippen MR) is 104 cm³/mol. The van der Waals surface area contributed by atoms with Gasteiger partial charge in [-0.1, -0.05) is 13.0 Å². The second-order valence-electron chi connectivity index (χ2n) is 7.25. The van der Waals surface area contributed by atoms with Crippen LogP contribution in [0.5, 0.6) is 0 Å². The molecule has 26 heavy (non-hydrogen) atoms. The Kier molecular flexibility index (Phi) is 4.51. The van der Waals surface area contributed by atoms with E-state index < -0.39 is 0 Å². The molecule has 0 radical (unpaired) electrons. The van der Waals surface area contributed by atoms with Crippen LogP contribution in [0, 0.1) is 5.92 Å². The first-order valence-corrected chi connectivity index (χ1v) is 9.31. The molecule has 0 saturated heterocycles. The number of nitrogens with two attached hydrogens (primary N) is 1. The smallest absolute Gasteiger partial charge is 0.214 e. The number of hydrogen-bond acceptors (Lipinski definition) is 3. The average molecular weight is 351 g/mol. The summed E-state index contributed by atoms with van der Waals surface area (Å²) in [4.78, 5) is 16.4. The highest BCUT2D eigenvalue weighted by Gasteiger charge is 2.20. The molecule has 0 spiro atoms. The van der Waals surface area contributed by atoms with Gasteiger partial charge in [0.25, 0.3) is 0 Å². The first-order valence-electron chi connectivity index (χ1n) is 9.31. The molecule has 0 fully saturated rings. The Morgan fingerprint density at radius 2 is 2.15 bits per heavy atom. The summed E-state index contributed by atoms with van der Waals surface area (Å²) in [5.74, 6) is 0.755. The van der Waals surface area contributed by atoms with E-state index in [1.54, 1.807) is 4.90 Å². The van der Waals surface area contributed by atoms with Crippen molar-refractivity contribution in [2.24, 2.45) is 11.7 Å². The number of hydrogen-bond donors (Lipinski definition) is 3. The molecule has 2 aromatic heterocycles. The van der Waals surface area contributed by atoms with E-state index in [1.807, 2.05) is 18.2 Å². The normalized spacial score (nSPS) is 17.1. The van der Waals surface area contributed by atoms with Crippen molar-refractivity contribution in [2.75, 3.05) is 18.0 Å². The second-order valence-corrected chi connectivity index (χ2v) is 7.25. The maximum Gasteiger partial charge on any atom is 0.214 e.